The van der Waals surface area contributed by atoms with Crippen LogP contribution in [0.5, 0.6) is 0 Å². The van der Waals surface area contributed by atoms with E-state index in [0.29, 0.717) is 0 Å². The van der Waals surface area contributed by atoms with Crippen molar-refractivity contribution in [2.24, 2.45) is 5.73 Å². The van der Waals surface area contributed by atoms with E-state index < -0.39 is 0 Å². The fourth-order valence-electron chi connectivity index (χ4n) is 2.09. The van der Waals surface area contributed by atoms with Gasteiger partial charge in [0.05, 0.1) is 6.04 Å². The van der Waals surface area contributed by atoms with Crippen LogP contribution in [0.3, 0.4) is 0 Å². The van der Waals surface area contributed by atoms with Crippen LogP contribution in [0.1, 0.15) is 17.2 Å². The summed E-state index contributed by atoms with van der Waals surface area (Å²) in [6, 6.07) is 14.4. The summed E-state index contributed by atoms with van der Waals surface area (Å²) in [6.45, 7) is 0. The first-order valence-corrected chi connectivity index (χ1v) is 6.61. The molecule has 3 aromatic rings. The standard InChI is InChI=1S/C15H12FNS/c16-11-7-5-10(6-8-11)15(17)13-9-18-14-4-2-1-3-12(13)14/h1-9,15H,17H2. The zero-order valence-corrected chi connectivity index (χ0v) is 10.5. The Kier molecular flexibility index (Phi) is 2.86. The second-order valence-electron chi connectivity index (χ2n) is 4.22. The number of halogens is 1. The minimum absolute atomic E-state index is 0.207. The maximum atomic E-state index is 12.9. The first-order valence-electron chi connectivity index (χ1n) is 5.73. The van der Waals surface area contributed by atoms with Gasteiger partial charge in [-0.1, -0.05) is 30.3 Å². The van der Waals surface area contributed by atoms with Crippen molar-refractivity contribution in [3.05, 3.63) is 70.9 Å². The molecule has 0 radical (unpaired) electrons. The Morgan fingerprint density at radius 1 is 1.00 bits per heavy atom. The quantitative estimate of drug-likeness (QED) is 0.735. The highest BCUT2D eigenvalue weighted by atomic mass is 32.1. The molecule has 18 heavy (non-hydrogen) atoms. The Labute approximate surface area is 109 Å². The van der Waals surface area contributed by atoms with E-state index in [9.17, 15) is 4.39 Å². The van der Waals surface area contributed by atoms with Crippen molar-refractivity contribution in [3.8, 4) is 0 Å². The SMILES string of the molecule is NC(c1ccc(F)cc1)c1csc2ccccc12. The third-order valence-corrected chi connectivity index (χ3v) is 4.06. The Hall–Kier alpha value is -1.71. The second kappa shape index (κ2) is 4.52. The highest BCUT2D eigenvalue weighted by Gasteiger charge is 2.13. The number of rotatable bonds is 2. The molecule has 3 rings (SSSR count). The molecule has 0 saturated carbocycles. The lowest BCUT2D eigenvalue weighted by molar-refractivity contribution is 0.626. The summed E-state index contributed by atoms with van der Waals surface area (Å²) in [6.07, 6.45) is 0. The smallest absolute Gasteiger partial charge is 0.123 e. The van der Waals surface area contributed by atoms with Crippen molar-refractivity contribution < 1.29 is 4.39 Å². The molecule has 2 N–H and O–H groups in total. The van der Waals surface area contributed by atoms with Crippen LogP contribution in [-0.4, -0.2) is 0 Å². The minimum atomic E-state index is -0.235. The van der Waals surface area contributed by atoms with Gasteiger partial charge in [0.1, 0.15) is 5.82 Å². The van der Waals surface area contributed by atoms with Gasteiger partial charge in [0, 0.05) is 4.70 Å². The number of fused-ring (bicyclic) bond motifs is 1. The molecule has 1 atom stereocenters. The summed E-state index contributed by atoms with van der Waals surface area (Å²) >= 11 is 1.69. The predicted molar refractivity (Wildman–Crippen MR) is 74.3 cm³/mol. The Morgan fingerprint density at radius 2 is 1.72 bits per heavy atom. The maximum Gasteiger partial charge on any atom is 0.123 e. The predicted octanol–water partition coefficient (Wildman–Crippen LogP) is 4.09. The molecule has 3 heteroatoms. The van der Waals surface area contributed by atoms with E-state index in [4.69, 9.17) is 5.73 Å². The zero-order chi connectivity index (χ0) is 12.5. The highest BCUT2D eigenvalue weighted by Crippen LogP contribution is 2.32. The van der Waals surface area contributed by atoms with Gasteiger partial charge in [-0.3, -0.25) is 0 Å². The van der Waals surface area contributed by atoms with Gasteiger partial charge in [-0.2, -0.15) is 0 Å². The largest absolute Gasteiger partial charge is 0.320 e. The van der Waals surface area contributed by atoms with Gasteiger partial charge in [0.15, 0.2) is 0 Å². The molecule has 2 aromatic carbocycles. The molecule has 0 aliphatic rings. The van der Waals surface area contributed by atoms with Crippen molar-refractivity contribution in [1.29, 1.82) is 0 Å². The monoisotopic (exact) mass is 257 g/mol. The van der Waals surface area contributed by atoms with E-state index in [0.717, 1.165) is 11.1 Å². The van der Waals surface area contributed by atoms with E-state index in [1.54, 1.807) is 23.5 Å². The summed E-state index contributed by atoms with van der Waals surface area (Å²) in [5.74, 6) is -0.235. The third kappa shape index (κ3) is 1.92. The molecular formula is C15H12FNS. The first kappa shape index (κ1) is 11.4. The first-order chi connectivity index (χ1) is 8.75. The molecule has 0 fully saturated rings. The summed E-state index contributed by atoms with van der Waals surface area (Å²) in [4.78, 5) is 0. The molecule has 0 amide bonds. The number of thiophene rings is 1. The van der Waals surface area contributed by atoms with Gasteiger partial charge >= 0.3 is 0 Å². The van der Waals surface area contributed by atoms with Crippen molar-refractivity contribution >= 4 is 21.4 Å². The molecule has 0 aliphatic carbocycles. The van der Waals surface area contributed by atoms with Crippen LogP contribution >= 0.6 is 11.3 Å². The Balaban J connectivity index is 2.06. The highest BCUT2D eigenvalue weighted by molar-refractivity contribution is 7.17. The van der Waals surface area contributed by atoms with E-state index in [1.165, 1.54) is 22.2 Å². The van der Waals surface area contributed by atoms with Gasteiger partial charge < -0.3 is 5.73 Å². The number of nitrogens with two attached hydrogens (primary N) is 1. The van der Waals surface area contributed by atoms with Crippen molar-refractivity contribution in [1.82, 2.24) is 0 Å². The average Bonchev–Trinajstić information content (AvgIpc) is 2.82. The molecular weight excluding hydrogens is 245 g/mol. The van der Waals surface area contributed by atoms with Crippen LogP contribution in [-0.2, 0) is 0 Å². The van der Waals surface area contributed by atoms with Crippen LogP contribution in [0, 0.1) is 5.82 Å². The van der Waals surface area contributed by atoms with Crippen LogP contribution in [0.25, 0.3) is 10.1 Å². The normalized spacial score (nSPS) is 12.8. The van der Waals surface area contributed by atoms with Gasteiger partial charge in [-0.25, -0.2) is 4.39 Å². The second-order valence-corrected chi connectivity index (χ2v) is 5.13. The van der Waals surface area contributed by atoms with Gasteiger partial charge in [0.2, 0.25) is 0 Å². The lowest BCUT2D eigenvalue weighted by Gasteiger charge is -2.11. The van der Waals surface area contributed by atoms with Gasteiger partial charge in [-0.05, 0) is 40.1 Å². The molecule has 1 aromatic heterocycles. The fraction of sp³-hybridized carbons (Fsp3) is 0.0667. The van der Waals surface area contributed by atoms with Crippen LogP contribution < -0.4 is 5.73 Å². The minimum Gasteiger partial charge on any atom is -0.320 e. The number of benzene rings is 2. The molecule has 0 aliphatic heterocycles. The number of hydrogen-bond acceptors (Lipinski definition) is 2. The van der Waals surface area contributed by atoms with Crippen molar-refractivity contribution in [2.45, 2.75) is 6.04 Å². The van der Waals surface area contributed by atoms with Gasteiger partial charge in [-0.15, -0.1) is 11.3 Å². The van der Waals surface area contributed by atoms with E-state index in [-0.39, 0.29) is 11.9 Å². The molecule has 1 heterocycles. The zero-order valence-electron chi connectivity index (χ0n) is 9.64. The van der Waals surface area contributed by atoms with E-state index >= 15 is 0 Å². The maximum absolute atomic E-state index is 12.9. The third-order valence-electron chi connectivity index (χ3n) is 3.08. The Morgan fingerprint density at radius 3 is 2.50 bits per heavy atom. The summed E-state index contributed by atoms with van der Waals surface area (Å²) < 4.78 is 14.1. The van der Waals surface area contributed by atoms with Crippen molar-refractivity contribution in [3.63, 3.8) is 0 Å². The summed E-state index contributed by atoms with van der Waals surface area (Å²) in [5, 5.41) is 3.26. The number of hydrogen-bond donors (Lipinski definition) is 1. The molecule has 0 saturated heterocycles. The molecule has 90 valence electrons. The topological polar surface area (TPSA) is 26.0 Å². The lowest BCUT2D eigenvalue weighted by atomic mass is 9.99. The molecule has 1 unspecified atom stereocenters. The van der Waals surface area contributed by atoms with Gasteiger partial charge in [0.25, 0.3) is 0 Å². The van der Waals surface area contributed by atoms with Crippen LogP contribution in [0.4, 0.5) is 4.39 Å². The molecule has 0 spiro atoms. The van der Waals surface area contributed by atoms with E-state index in [2.05, 4.69) is 17.5 Å². The van der Waals surface area contributed by atoms with Crippen LogP contribution in [0.15, 0.2) is 53.9 Å². The fourth-order valence-corrected chi connectivity index (χ4v) is 3.09. The Bertz CT molecular complexity index is 672. The molecule has 1 nitrogen and oxygen atoms in total. The summed E-state index contributed by atoms with van der Waals surface area (Å²) in [7, 11) is 0. The summed E-state index contributed by atoms with van der Waals surface area (Å²) in [5.41, 5.74) is 8.29. The average molecular weight is 257 g/mol. The lowest BCUT2D eigenvalue weighted by Crippen LogP contribution is -2.11. The van der Waals surface area contributed by atoms with E-state index in [1.807, 2.05) is 12.1 Å². The molecule has 0 bridgehead atoms. The van der Waals surface area contributed by atoms with Crippen molar-refractivity contribution in [2.75, 3.05) is 0 Å². The van der Waals surface area contributed by atoms with Crippen LogP contribution in [0.2, 0.25) is 0 Å².